The Labute approximate surface area is 239 Å². The minimum atomic E-state index is -5.36. The van der Waals surface area contributed by atoms with Gasteiger partial charge in [0, 0.05) is 25.0 Å². The number of hydrogen-bond acceptors (Lipinski definition) is 4. The molecule has 0 amide bonds. The van der Waals surface area contributed by atoms with Gasteiger partial charge in [0.25, 0.3) is 0 Å². The van der Waals surface area contributed by atoms with Gasteiger partial charge in [-0.3, -0.25) is 0 Å². The molecule has 0 N–H and O–H groups in total. The van der Waals surface area contributed by atoms with E-state index in [1.165, 1.54) is 13.8 Å². The van der Waals surface area contributed by atoms with Crippen LogP contribution in [-0.4, -0.2) is 9.97 Å². The average molecular weight is 642 g/mol. The molecule has 2 aromatic heterocycles. The summed E-state index contributed by atoms with van der Waals surface area (Å²) in [6, 6.07) is 1.44. The third kappa shape index (κ3) is 5.80. The topological polar surface area (TPSA) is 52.1 Å². The molecule has 0 aliphatic heterocycles. The summed E-state index contributed by atoms with van der Waals surface area (Å²) in [6.07, 6.45) is -21.0. The number of aromatic nitrogens is 2. The Hall–Kier alpha value is -4.24. The minimum Gasteiger partial charge on any atom is -0.440 e. The third-order valence-electron chi connectivity index (χ3n) is 6.24. The number of hydrogen-bond donors (Lipinski definition) is 0. The molecule has 2 heterocycles. The fourth-order valence-electron chi connectivity index (χ4n) is 4.59. The zero-order chi connectivity index (χ0) is 33.2. The van der Waals surface area contributed by atoms with E-state index in [0.29, 0.717) is 24.3 Å². The second-order valence-electron chi connectivity index (χ2n) is 9.08. The van der Waals surface area contributed by atoms with E-state index in [0.717, 1.165) is 0 Å². The Morgan fingerprint density at radius 1 is 0.500 bits per heavy atom. The summed E-state index contributed by atoms with van der Waals surface area (Å²) in [5.41, 5.74) is -12.1. The molecule has 0 aliphatic rings. The zero-order valence-corrected chi connectivity index (χ0v) is 22.7. The molecule has 236 valence electrons. The summed E-state index contributed by atoms with van der Waals surface area (Å²) in [5, 5.41) is 0. The van der Waals surface area contributed by atoms with Gasteiger partial charge in [0.2, 0.25) is 0 Å². The van der Waals surface area contributed by atoms with Crippen molar-refractivity contribution in [2.75, 3.05) is 0 Å². The number of alkyl halides is 12. The van der Waals surface area contributed by atoms with E-state index in [9.17, 15) is 52.7 Å². The van der Waals surface area contributed by atoms with Crippen LogP contribution in [0.15, 0.2) is 45.2 Å². The smallest absolute Gasteiger partial charge is 0.417 e. The van der Waals surface area contributed by atoms with Gasteiger partial charge in [0.05, 0.1) is 33.4 Å². The van der Waals surface area contributed by atoms with Crippen LogP contribution >= 0.6 is 0 Å². The van der Waals surface area contributed by atoms with Gasteiger partial charge < -0.3 is 8.83 Å². The first-order chi connectivity index (χ1) is 20.2. The van der Waals surface area contributed by atoms with Gasteiger partial charge in [0.15, 0.2) is 22.9 Å². The van der Waals surface area contributed by atoms with E-state index in [1.54, 1.807) is 0 Å². The van der Waals surface area contributed by atoms with Crippen molar-refractivity contribution < 1.29 is 61.5 Å². The molecule has 5 aromatic rings. The Balaban J connectivity index is 0.00000216. The van der Waals surface area contributed by atoms with Crippen LogP contribution in [0.1, 0.15) is 47.9 Å². The predicted octanol–water partition coefficient (Wildman–Crippen LogP) is 11.0. The van der Waals surface area contributed by atoms with Crippen molar-refractivity contribution in [2.24, 2.45) is 0 Å². The van der Waals surface area contributed by atoms with Crippen LogP contribution in [0, 0.1) is 13.8 Å². The lowest BCUT2D eigenvalue weighted by Crippen LogP contribution is -2.13. The van der Waals surface area contributed by atoms with Gasteiger partial charge in [-0.15, -0.1) is 0 Å². The number of nitrogens with zero attached hydrogens (tertiary/aromatic N) is 2. The van der Waals surface area contributed by atoms with E-state index < -0.39 is 91.4 Å². The number of benzene rings is 3. The van der Waals surface area contributed by atoms with Crippen molar-refractivity contribution in [3.63, 3.8) is 0 Å². The highest BCUT2D eigenvalue weighted by molar-refractivity contribution is 6.16. The SMILES string of the molecule is CC.Cc1nc2c(-c3ccc(C(F)(F)F)cc3C(F)(F)F)c3oc(C)nc3c(-c3ccc(C(F)(F)F)cc3C(F)(F)F)c2o1. The number of aryl methyl sites for hydroxylation is 2. The molecule has 44 heavy (non-hydrogen) atoms. The lowest BCUT2D eigenvalue weighted by Gasteiger charge is -2.18. The molecule has 0 saturated carbocycles. The van der Waals surface area contributed by atoms with Crippen molar-refractivity contribution in [3.8, 4) is 22.3 Å². The molecule has 0 atom stereocenters. The molecule has 5 rings (SSSR count). The van der Waals surface area contributed by atoms with E-state index in [1.807, 2.05) is 13.8 Å². The Bertz CT molecular complexity index is 1670. The van der Waals surface area contributed by atoms with Crippen LogP contribution in [0.25, 0.3) is 44.5 Å². The molecule has 3 aromatic carbocycles. The van der Waals surface area contributed by atoms with Gasteiger partial charge in [-0.2, -0.15) is 52.7 Å². The van der Waals surface area contributed by atoms with E-state index in [-0.39, 0.29) is 23.9 Å². The van der Waals surface area contributed by atoms with Crippen LogP contribution in [0.5, 0.6) is 0 Å². The molecule has 0 aliphatic carbocycles. The fraction of sp³-hybridized carbons (Fsp3) is 0.286. The molecule has 0 bridgehead atoms. The lowest BCUT2D eigenvalue weighted by atomic mass is 9.90. The van der Waals surface area contributed by atoms with E-state index >= 15 is 0 Å². The van der Waals surface area contributed by atoms with Crippen molar-refractivity contribution >= 4 is 22.2 Å². The first-order valence-electron chi connectivity index (χ1n) is 12.5. The monoisotopic (exact) mass is 642 g/mol. The molecule has 0 spiro atoms. The highest BCUT2D eigenvalue weighted by Crippen LogP contribution is 2.50. The predicted molar refractivity (Wildman–Crippen MR) is 133 cm³/mol. The van der Waals surface area contributed by atoms with Crippen molar-refractivity contribution in [3.05, 3.63) is 70.4 Å². The van der Waals surface area contributed by atoms with Crippen LogP contribution < -0.4 is 0 Å². The largest absolute Gasteiger partial charge is 0.440 e. The quantitative estimate of drug-likeness (QED) is 0.180. The Morgan fingerprint density at radius 2 is 0.818 bits per heavy atom. The summed E-state index contributed by atoms with van der Waals surface area (Å²) >= 11 is 0. The molecule has 0 saturated heterocycles. The number of fused-ring (bicyclic) bond motifs is 2. The number of halogens is 12. The Morgan fingerprint density at radius 3 is 1.09 bits per heavy atom. The standard InChI is InChI=1S/C26H12F12N2O2.C2H6/c1-9-39-19-17(13-5-3-11(23(27,28)29)7-15(13)25(33,34)35)22-20(40-10(2)42-22)18(21(19)41-9)14-6-4-12(24(30,31)32)8-16(14)26(36,37)38;1-2/h3-8H,1-2H3;1-2H3. The molecule has 0 unspecified atom stereocenters. The lowest BCUT2D eigenvalue weighted by molar-refractivity contribution is -0.144. The minimum absolute atomic E-state index is 0.144. The molecule has 4 nitrogen and oxygen atoms in total. The second-order valence-corrected chi connectivity index (χ2v) is 9.08. The highest BCUT2D eigenvalue weighted by atomic mass is 19.4. The van der Waals surface area contributed by atoms with Gasteiger partial charge in [-0.25, -0.2) is 9.97 Å². The third-order valence-corrected chi connectivity index (χ3v) is 6.24. The van der Waals surface area contributed by atoms with Gasteiger partial charge in [0.1, 0.15) is 11.0 Å². The summed E-state index contributed by atoms with van der Waals surface area (Å²) in [7, 11) is 0. The second kappa shape index (κ2) is 10.7. The molecular formula is C28H18F12N2O2. The summed E-state index contributed by atoms with van der Waals surface area (Å²) in [5.74, 6) is -0.587. The van der Waals surface area contributed by atoms with Crippen LogP contribution in [0.2, 0.25) is 0 Å². The molecule has 16 heteroatoms. The molecule has 0 radical (unpaired) electrons. The summed E-state index contributed by atoms with van der Waals surface area (Å²) in [4.78, 5) is 7.95. The molecule has 0 fully saturated rings. The number of oxazole rings is 2. The average Bonchev–Trinajstić information content (AvgIpc) is 3.46. The van der Waals surface area contributed by atoms with Crippen LogP contribution in [0.3, 0.4) is 0 Å². The maximum Gasteiger partial charge on any atom is 0.417 e. The first kappa shape index (κ1) is 32.7. The van der Waals surface area contributed by atoms with Gasteiger partial charge in [-0.1, -0.05) is 26.0 Å². The fourth-order valence-corrected chi connectivity index (χ4v) is 4.59. The van der Waals surface area contributed by atoms with Crippen molar-refractivity contribution in [1.82, 2.24) is 9.97 Å². The number of rotatable bonds is 2. The van der Waals surface area contributed by atoms with Crippen LogP contribution in [-0.2, 0) is 24.7 Å². The van der Waals surface area contributed by atoms with Crippen molar-refractivity contribution in [2.45, 2.75) is 52.4 Å². The van der Waals surface area contributed by atoms with Gasteiger partial charge >= 0.3 is 24.7 Å². The van der Waals surface area contributed by atoms with Gasteiger partial charge in [-0.05, 0) is 24.3 Å². The summed E-state index contributed by atoms with van der Waals surface area (Å²) < 4.78 is 175. The normalized spacial score (nSPS) is 13.0. The highest BCUT2D eigenvalue weighted by Gasteiger charge is 2.42. The van der Waals surface area contributed by atoms with E-state index in [4.69, 9.17) is 8.83 Å². The van der Waals surface area contributed by atoms with Crippen LogP contribution in [0.4, 0.5) is 52.7 Å². The zero-order valence-electron chi connectivity index (χ0n) is 22.7. The maximum absolute atomic E-state index is 14.1. The van der Waals surface area contributed by atoms with E-state index in [2.05, 4.69) is 9.97 Å². The maximum atomic E-state index is 14.1. The Kier molecular flexibility index (Phi) is 7.97. The first-order valence-corrected chi connectivity index (χ1v) is 12.5. The molecular weight excluding hydrogens is 624 g/mol. The summed E-state index contributed by atoms with van der Waals surface area (Å²) in [6.45, 7) is 6.37. The van der Waals surface area contributed by atoms with Crippen molar-refractivity contribution in [1.29, 1.82) is 0 Å².